The molecule has 0 spiro atoms. The van der Waals surface area contributed by atoms with Crippen molar-refractivity contribution in [1.29, 1.82) is 0 Å². The summed E-state index contributed by atoms with van der Waals surface area (Å²) in [5, 5.41) is 5.31. The van der Waals surface area contributed by atoms with Gasteiger partial charge < -0.3 is 30.6 Å². The molecule has 0 aliphatic carbocycles. The number of hydrogen-bond acceptors (Lipinski definition) is 6. The number of nitrogens with two attached hydrogens (primary N) is 1. The normalized spacial score (nSPS) is 14.9. The molecule has 1 aliphatic heterocycles. The zero-order valence-corrected chi connectivity index (χ0v) is 22.7. The van der Waals surface area contributed by atoms with Crippen LogP contribution in [0.2, 0.25) is 0 Å². The molecule has 0 saturated carbocycles. The minimum absolute atomic E-state index is 0.117. The summed E-state index contributed by atoms with van der Waals surface area (Å²) >= 11 is 0. The summed E-state index contributed by atoms with van der Waals surface area (Å²) in [6, 6.07) is 13.5. The first-order chi connectivity index (χ1) is 19.1. The van der Waals surface area contributed by atoms with Crippen molar-refractivity contribution in [2.45, 2.75) is 50.9 Å². The highest BCUT2D eigenvalue weighted by Crippen LogP contribution is 2.26. The first kappa shape index (κ1) is 28.9. The van der Waals surface area contributed by atoms with Crippen LogP contribution < -0.4 is 16.4 Å². The minimum Gasteiger partial charge on any atom is -0.374 e. The van der Waals surface area contributed by atoms with Crippen molar-refractivity contribution in [2.75, 3.05) is 25.0 Å². The van der Waals surface area contributed by atoms with Crippen molar-refractivity contribution in [3.63, 3.8) is 0 Å². The first-order valence-electron chi connectivity index (χ1n) is 13.2. The molecule has 2 heterocycles. The lowest BCUT2D eigenvalue weighted by molar-refractivity contribution is -0.132. The molecule has 212 valence electrons. The number of benzene rings is 2. The predicted molar refractivity (Wildman–Crippen MR) is 148 cm³/mol. The number of nitrogens with one attached hydrogen (secondary N) is 2. The van der Waals surface area contributed by atoms with Crippen LogP contribution in [0.4, 0.5) is 10.2 Å². The lowest BCUT2D eigenvalue weighted by Gasteiger charge is -2.25. The molecule has 3 amide bonds. The van der Waals surface area contributed by atoms with E-state index in [2.05, 4.69) is 15.6 Å². The molecule has 3 aromatic rings. The van der Waals surface area contributed by atoms with Gasteiger partial charge >= 0.3 is 0 Å². The van der Waals surface area contributed by atoms with E-state index in [1.165, 1.54) is 37.0 Å². The van der Waals surface area contributed by atoms with Crippen molar-refractivity contribution >= 4 is 23.5 Å². The van der Waals surface area contributed by atoms with Gasteiger partial charge in [-0.3, -0.25) is 14.4 Å². The third-order valence-corrected chi connectivity index (χ3v) is 6.61. The van der Waals surface area contributed by atoms with Gasteiger partial charge in [-0.2, -0.15) is 0 Å². The van der Waals surface area contributed by atoms with Crippen molar-refractivity contribution in [2.24, 2.45) is 5.73 Å². The number of rotatable bonds is 11. The topological polar surface area (TPSA) is 132 Å². The van der Waals surface area contributed by atoms with Crippen LogP contribution in [0.25, 0.3) is 0 Å². The van der Waals surface area contributed by atoms with Gasteiger partial charge in [-0.15, -0.1) is 0 Å². The standard InChI is InChI=1S/C29H35FN6O4/c1-29(2,31)28(39)33-23(18-40-17-20-10-4-3-5-11-20)26(37)34-24-16-36(19-32-24)25(21-12-6-7-13-22(21)30)27(38)35-14-8-9-15-35/h3-7,10-13,16,19,23,25H,8-9,14-15,17-18,31H2,1-2H3,(H,33,39)(H,34,37)/t23-,25?/m1/s1. The molecule has 4 rings (SSSR count). The van der Waals surface area contributed by atoms with Crippen molar-refractivity contribution < 1.29 is 23.5 Å². The van der Waals surface area contributed by atoms with Crippen LogP contribution in [-0.4, -0.2) is 63.4 Å². The SMILES string of the molecule is CC(C)(N)C(=O)N[C@H](COCc1ccccc1)C(=O)Nc1cn(C(C(=O)N2CCCC2)c2ccccc2F)cn1. The van der Waals surface area contributed by atoms with Gasteiger partial charge in [0.1, 0.15) is 17.9 Å². The van der Waals surface area contributed by atoms with E-state index < -0.39 is 35.3 Å². The van der Waals surface area contributed by atoms with Gasteiger partial charge in [-0.05, 0) is 38.3 Å². The molecule has 2 atom stereocenters. The molecular formula is C29H35FN6O4. The lowest BCUT2D eigenvalue weighted by Crippen LogP contribution is -2.56. The Kier molecular flexibility index (Phi) is 9.28. The van der Waals surface area contributed by atoms with Gasteiger partial charge in [-0.25, -0.2) is 9.37 Å². The molecular weight excluding hydrogens is 515 g/mol. The van der Waals surface area contributed by atoms with Gasteiger partial charge in [0.25, 0.3) is 5.91 Å². The molecule has 0 radical (unpaired) electrons. The van der Waals surface area contributed by atoms with Crippen LogP contribution in [0.15, 0.2) is 67.1 Å². The van der Waals surface area contributed by atoms with E-state index >= 15 is 0 Å². The molecule has 10 nitrogen and oxygen atoms in total. The summed E-state index contributed by atoms with van der Waals surface area (Å²) in [7, 11) is 0. The summed E-state index contributed by atoms with van der Waals surface area (Å²) in [6.07, 6.45) is 4.63. The van der Waals surface area contributed by atoms with Crippen LogP contribution >= 0.6 is 0 Å². The number of halogens is 1. The second-order valence-corrected chi connectivity index (χ2v) is 10.4. The number of hydrogen-bond donors (Lipinski definition) is 3. The molecule has 4 N–H and O–H groups in total. The molecule has 0 bridgehead atoms. The number of carbonyl (C=O) groups excluding carboxylic acids is 3. The third kappa shape index (κ3) is 7.30. The fourth-order valence-electron chi connectivity index (χ4n) is 4.38. The number of ether oxygens (including phenoxy) is 1. The maximum Gasteiger partial charge on any atom is 0.250 e. The highest BCUT2D eigenvalue weighted by molar-refractivity contribution is 5.98. The molecule has 2 aromatic carbocycles. The van der Waals surface area contributed by atoms with E-state index in [9.17, 15) is 18.8 Å². The number of anilines is 1. The van der Waals surface area contributed by atoms with Crippen LogP contribution in [0.5, 0.6) is 0 Å². The number of nitrogens with zero attached hydrogens (tertiary/aromatic N) is 3. The fourth-order valence-corrected chi connectivity index (χ4v) is 4.38. The zero-order valence-electron chi connectivity index (χ0n) is 22.7. The highest BCUT2D eigenvalue weighted by Gasteiger charge is 2.32. The number of likely N-dealkylation sites (tertiary alicyclic amines) is 1. The predicted octanol–water partition coefficient (Wildman–Crippen LogP) is 2.61. The fraction of sp³-hybridized carbons (Fsp3) is 0.379. The van der Waals surface area contributed by atoms with E-state index in [1.54, 1.807) is 23.1 Å². The van der Waals surface area contributed by atoms with E-state index in [0.717, 1.165) is 18.4 Å². The number of imidazole rings is 1. The summed E-state index contributed by atoms with van der Waals surface area (Å²) in [4.78, 5) is 45.2. The molecule has 1 aromatic heterocycles. The molecule has 1 fully saturated rings. The Bertz CT molecular complexity index is 1320. The second kappa shape index (κ2) is 12.8. The maximum atomic E-state index is 14.8. The minimum atomic E-state index is -1.22. The second-order valence-electron chi connectivity index (χ2n) is 10.4. The van der Waals surface area contributed by atoms with E-state index in [0.29, 0.717) is 13.1 Å². The molecule has 40 heavy (non-hydrogen) atoms. The monoisotopic (exact) mass is 550 g/mol. The molecule has 1 aliphatic rings. The summed E-state index contributed by atoms with van der Waals surface area (Å²) in [5.74, 6) is -1.74. The maximum absolute atomic E-state index is 14.8. The van der Waals surface area contributed by atoms with Crippen LogP contribution in [0.3, 0.4) is 0 Å². The van der Waals surface area contributed by atoms with Crippen LogP contribution in [0.1, 0.15) is 43.9 Å². The van der Waals surface area contributed by atoms with E-state index in [4.69, 9.17) is 10.5 Å². The molecule has 1 saturated heterocycles. The van der Waals surface area contributed by atoms with Crippen LogP contribution in [-0.2, 0) is 25.7 Å². The number of amides is 3. The highest BCUT2D eigenvalue weighted by atomic mass is 19.1. The van der Waals surface area contributed by atoms with E-state index in [-0.39, 0.29) is 30.5 Å². The van der Waals surface area contributed by atoms with Crippen molar-refractivity contribution in [3.05, 3.63) is 84.1 Å². The van der Waals surface area contributed by atoms with Gasteiger partial charge in [-0.1, -0.05) is 48.5 Å². The third-order valence-electron chi connectivity index (χ3n) is 6.61. The van der Waals surface area contributed by atoms with Gasteiger partial charge in [0.2, 0.25) is 11.8 Å². The van der Waals surface area contributed by atoms with Crippen molar-refractivity contribution in [1.82, 2.24) is 19.8 Å². The molecule has 1 unspecified atom stereocenters. The first-order valence-corrected chi connectivity index (χ1v) is 13.2. The van der Waals surface area contributed by atoms with Gasteiger partial charge in [0.05, 0.1) is 25.1 Å². The summed E-state index contributed by atoms with van der Waals surface area (Å²) in [5.41, 5.74) is 5.81. The number of aromatic nitrogens is 2. The Morgan fingerprint density at radius 3 is 2.42 bits per heavy atom. The van der Waals surface area contributed by atoms with Crippen LogP contribution in [0, 0.1) is 5.82 Å². The Labute approximate surface area is 232 Å². The quantitative estimate of drug-likeness (QED) is 0.336. The summed E-state index contributed by atoms with van der Waals surface area (Å²) < 4.78 is 22.0. The average Bonchev–Trinajstić information content (AvgIpc) is 3.62. The average molecular weight is 551 g/mol. The van der Waals surface area contributed by atoms with Gasteiger partial charge in [0.15, 0.2) is 5.82 Å². The largest absolute Gasteiger partial charge is 0.374 e. The summed E-state index contributed by atoms with van der Waals surface area (Å²) in [6.45, 7) is 4.39. The Balaban J connectivity index is 1.51. The van der Waals surface area contributed by atoms with Crippen molar-refractivity contribution in [3.8, 4) is 0 Å². The van der Waals surface area contributed by atoms with Gasteiger partial charge in [0, 0.05) is 24.8 Å². The number of carbonyl (C=O) groups is 3. The Morgan fingerprint density at radius 1 is 1.07 bits per heavy atom. The Hall–Kier alpha value is -4.09. The lowest BCUT2D eigenvalue weighted by atomic mass is 10.0. The smallest absolute Gasteiger partial charge is 0.250 e. The van der Waals surface area contributed by atoms with E-state index in [1.807, 2.05) is 30.3 Å². The molecule has 11 heteroatoms. The Morgan fingerprint density at radius 2 is 1.75 bits per heavy atom. The zero-order chi connectivity index (χ0) is 28.7.